The third kappa shape index (κ3) is 15.0. The number of aliphatic imine (C=N–C) groups is 1. The second kappa shape index (κ2) is 25.5. The molecule has 378 valence electrons. The number of oxazole rings is 1. The minimum atomic E-state index is -4.82. The summed E-state index contributed by atoms with van der Waals surface area (Å²) in [6.07, 6.45) is 2.85. The number of aromatic nitrogens is 1. The molecule has 5 aromatic carbocycles. The van der Waals surface area contributed by atoms with Crippen molar-refractivity contribution < 1.29 is 41.2 Å². The van der Waals surface area contributed by atoms with Gasteiger partial charge in [-0.15, -0.1) is 0 Å². The van der Waals surface area contributed by atoms with Crippen LogP contribution in [0.2, 0.25) is 0 Å². The number of fused-ring (bicyclic) bond motifs is 2. The Bertz CT molecular complexity index is 2900. The van der Waals surface area contributed by atoms with E-state index in [4.69, 9.17) is 31.1 Å². The molecule has 6 rings (SSSR count). The van der Waals surface area contributed by atoms with E-state index in [1.54, 1.807) is 30.3 Å². The van der Waals surface area contributed by atoms with Gasteiger partial charge < -0.3 is 36.4 Å². The van der Waals surface area contributed by atoms with Crippen molar-refractivity contribution in [2.75, 3.05) is 26.3 Å². The fraction of sp³-hybridized carbons (Fsp3) is 0.400. The van der Waals surface area contributed by atoms with Gasteiger partial charge in [-0.25, -0.2) is 0 Å². The summed E-state index contributed by atoms with van der Waals surface area (Å²) in [6, 6.07) is 31.3. The molecule has 6 aromatic rings. The third-order valence-electron chi connectivity index (χ3n) is 12.3. The van der Waals surface area contributed by atoms with Gasteiger partial charge in [0.25, 0.3) is 0 Å². The van der Waals surface area contributed by atoms with Gasteiger partial charge in [-0.3, -0.25) is 23.9 Å². The zero-order valence-corrected chi connectivity index (χ0v) is 42.0. The number of hydrogen-bond acceptors (Lipinski definition) is 11. The molecule has 0 unspecified atom stereocenters. The maximum atomic E-state index is 14.5. The van der Waals surface area contributed by atoms with Gasteiger partial charge in [-0.05, 0) is 90.6 Å². The molecule has 1 heterocycles. The van der Waals surface area contributed by atoms with Gasteiger partial charge in [0.15, 0.2) is 29.2 Å². The highest BCUT2D eigenvalue weighted by Crippen LogP contribution is 2.46. The van der Waals surface area contributed by atoms with Crippen LogP contribution in [0.25, 0.3) is 44.0 Å². The first kappa shape index (κ1) is 53.7. The molecule has 1 aromatic heterocycles. The summed E-state index contributed by atoms with van der Waals surface area (Å²) >= 11 is 0. The van der Waals surface area contributed by atoms with Crippen LogP contribution in [0.15, 0.2) is 118 Å². The van der Waals surface area contributed by atoms with Crippen LogP contribution < -0.4 is 32.0 Å². The summed E-state index contributed by atoms with van der Waals surface area (Å²) in [6.45, 7) is 8.95. The second-order valence-electron chi connectivity index (χ2n) is 18.9. The van der Waals surface area contributed by atoms with E-state index >= 15 is 0 Å². The van der Waals surface area contributed by atoms with Crippen molar-refractivity contribution in [2.45, 2.75) is 102 Å². The molecule has 0 fully saturated rings. The van der Waals surface area contributed by atoms with Gasteiger partial charge in [-0.1, -0.05) is 125 Å². The standard InChI is InChI=1S/C55H68N6O9S/c1-35(2)27-30-68-47-25-23-37-15-8-10-20-43(37)49(47)50-44-21-11-9-16-38(44)24-26-48(50)69-34-42(62)32-40(19-12-13-28-56)52(64)60-45(22-14-29-59-55(57)58)46(63)33-41(31-36(3)4)53-61-54(71(65,66)67)51(70-53)39-17-6-5-7-18-39/h5-11,15-18,20-21,23-26,35-36,40-41,45H,12-14,19,22,27-34,56H2,1-4H3,(H,60,64)(H4,57,58,59)(H,65,66,67)/t40-,41+,45+/m0/s1. The average molecular weight is 989 g/mol. The normalized spacial score (nSPS) is 13.0. The van der Waals surface area contributed by atoms with Gasteiger partial charge in [0.1, 0.15) is 18.1 Å². The van der Waals surface area contributed by atoms with Crippen LogP contribution in [0.4, 0.5) is 0 Å². The van der Waals surface area contributed by atoms with E-state index in [1.807, 2.05) is 80.6 Å². The summed E-state index contributed by atoms with van der Waals surface area (Å²) in [5.41, 5.74) is 19.1. The number of ether oxygens (including phenoxy) is 2. The first-order valence-corrected chi connectivity index (χ1v) is 25.9. The SMILES string of the molecule is CC(C)CCOc1ccc2ccccc2c1-c1c(OCC(=O)C[C@H](CCCCN)C(=O)N[C@H](CCCN=C(N)N)C(=O)C[C@@H](CC(C)C)c2nc(S(=O)(=O)O)c(-c3ccccc3)o2)ccc2ccccc12. The Hall–Kier alpha value is -6.62. The third-order valence-corrected chi connectivity index (χ3v) is 13.1. The molecule has 1 amide bonds. The summed E-state index contributed by atoms with van der Waals surface area (Å²) in [5, 5.41) is 6.20. The number of nitrogens with one attached hydrogen (secondary N) is 1. The van der Waals surface area contributed by atoms with Crippen LogP contribution in [0.3, 0.4) is 0 Å². The molecule has 71 heavy (non-hydrogen) atoms. The van der Waals surface area contributed by atoms with Gasteiger partial charge in [0, 0.05) is 47.9 Å². The zero-order chi connectivity index (χ0) is 51.1. The van der Waals surface area contributed by atoms with Gasteiger partial charge >= 0.3 is 10.1 Å². The fourth-order valence-corrected chi connectivity index (χ4v) is 9.39. The smallest absolute Gasteiger partial charge is 0.316 e. The van der Waals surface area contributed by atoms with Crippen molar-refractivity contribution in [3.63, 3.8) is 0 Å². The largest absolute Gasteiger partial charge is 0.493 e. The molecule has 0 saturated carbocycles. The van der Waals surface area contributed by atoms with Crippen LogP contribution in [-0.4, -0.2) is 73.7 Å². The molecule has 0 aliphatic carbocycles. The molecule has 16 heteroatoms. The number of carbonyl (C=O) groups excluding carboxylic acids is 3. The number of guanidine groups is 1. The minimum Gasteiger partial charge on any atom is -0.493 e. The topological polar surface area (TPSA) is 253 Å². The lowest BCUT2D eigenvalue weighted by molar-refractivity contribution is -0.133. The number of ketones is 2. The molecule has 0 saturated heterocycles. The lowest BCUT2D eigenvalue weighted by Crippen LogP contribution is -2.45. The highest BCUT2D eigenvalue weighted by Gasteiger charge is 2.33. The van der Waals surface area contributed by atoms with E-state index in [0.29, 0.717) is 68.2 Å². The fourth-order valence-electron chi connectivity index (χ4n) is 8.79. The van der Waals surface area contributed by atoms with Crippen molar-refractivity contribution in [1.82, 2.24) is 10.3 Å². The van der Waals surface area contributed by atoms with Gasteiger partial charge in [0.2, 0.25) is 10.9 Å². The van der Waals surface area contributed by atoms with Crippen molar-refractivity contribution in [2.24, 2.45) is 39.9 Å². The molecular weight excluding hydrogens is 921 g/mol. The molecule has 0 bridgehead atoms. The number of carbonyl (C=O) groups is 3. The lowest BCUT2D eigenvalue weighted by atomic mass is 9.89. The highest BCUT2D eigenvalue weighted by atomic mass is 32.2. The number of hydrogen-bond donors (Lipinski definition) is 5. The Morgan fingerprint density at radius 3 is 1.96 bits per heavy atom. The molecule has 0 aliphatic rings. The van der Waals surface area contributed by atoms with Gasteiger partial charge in [0.05, 0.1) is 12.6 Å². The molecule has 0 radical (unpaired) electrons. The summed E-state index contributed by atoms with van der Waals surface area (Å²) in [7, 11) is -4.82. The average Bonchev–Trinajstić information content (AvgIpc) is 3.81. The van der Waals surface area contributed by atoms with Crippen LogP contribution in [0, 0.1) is 17.8 Å². The van der Waals surface area contributed by atoms with Crippen molar-refractivity contribution >= 4 is 55.1 Å². The Kier molecular flexibility index (Phi) is 19.3. The Balaban J connectivity index is 1.26. The van der Waals surface area contributed by atoms with Crippen molar-refractivity contribution in [3.05, 3.63) is 109 Å². The van der Waals surface area contributed by atoms with Crippen molar-refractivity contribution in [3.8, 4) is 33.9 Å². The minimum absolute atomic E-state index is 0.00643. The number of unbranched alkanes of at least 4 members (excludes halogenated alkanes) is 1. The number of nitrogens with two attached hydrogens (primary N) is 3. The van der Waals surface area contributed by atoms with E-state index in [2.05, 4.69) is 35.2 Å². The molecule has 0 aliphatic heterocycles. The van der Waals surface area contributed by atoms with Gasteiger partial charge in [-0.2, -0.15) is 13.4 Å². The predicted octanol–water partition coefficient (Wildman–Crippen LogP) is 9.40. The van der Waals surface area contributed by atoms with Crippen molar-refractivity contribution in [1.29, 1.82) is 0 Å². The Morgan fingerprint density at radius 1 is 0.746 bits per heavy atom. The summed E-state index contributed by atoms with van der Waals surface area (Å²) in [4.78, 5) is 51.3. The molecule has 3 atom stereocenters. The van der Waals surface area contributed by atoms with E-state index in [0.717, 1.165) is 39.1 Å². The highest BCUT2D eigenvalue weighted by molar-refractivity contribution is 7.85. The monoisotopic (exact) mass is 988 g/mol. The molecule has 15 nitrogen and oxygen atoms in total. The second-order valence-corrected chi connectivity index (χ2v) is 20.2. The first-order valence-electron chi connectivity index (χ1n) is 24.5. The van der Waals surface area contributed by atoms with E-state index in [9.17, 15) is 27.4 Å². The lowest BCUT2D eigenvalue weighted by Gasteiger charge is -2.24. The van der Waals surface area contributed by atoms with E-state index < -0.39 is 38.9 Å². The number of rotatable bonds is 28. The zero-order valence-electron chi connectivity index (χ0n) is 41.1. The predicted molar refractivity (Wildman–Crippen MR) is 279 cm³/mol. The molecule has 0 spiro atoms. The Morgan fingerprint density at radius 2 is 1.37 bits per heavy atom. The number of amides is 1. The Labute approximate surface area is 416 Å². The summed E-state index contributed by atoms with van der Waals surface area (Å²) in [5.74, 6) is -1.41. The quantitative estimate of drug-likeness (QED) is 0.0133. The molecule has 8 N–H and O–H groups in total. The van der Waals surface area contributed by atoms with E-state index in [-0.39, 0.29) is 67.5 Å². The number of Topliss-reactive ketones (excluding diaryl/α,β-unsaturated/α-hetero) is 2. The summed E-state index contributed by atoms with van der Waals surface area (Å²) < 4.78 is 54.3. The van der Waals surface area contributed by atoms with Crippen LogP contribution >= 0.6 is 0 Å². The van der Waals surface area contributed by atoms with Crippen LogP contribution in [-0.2, 0) is 24.5 Å². The maximum Gasteiger partial charge on any atom is 0.316 e. The maximum absolute atomic E-state index is 14.5. The number of nitrogens with zero attached hydrogens (tertiary/aromatic N) is 2. The molecular formula is C55H68N6O9S. The number of benzene rings is 5. The first-order chi connectivity index (χ1) is 34.0. The van der Waals surface area contributed by atoms with Crippen LogP contribution in [0.5, 0.6) is 11.5 Å². The van der Waals surface area contributed by atoms with Crippen LogP contribution in [0.1, 0.15) is 97.3 Å². The van der Waals surface area contributed by atoms with E-state index in [1.165, 1.54) is 0 Å².